The number of rotatable bonds is 5. The van der Waals surface area contributed by atoms with Crippen molar-refractivity contribution in [2.45, 2.75) is 40.2 Å². The van der Waals surface area contributed by atoms with Gasteiger partial charge in [0, 0.05) is 19.4 Å². The average Bonchev–Trinajstić information content (AvgIpc) is 2.56. The summed E-state index contributed by atoms with van der Waals surface area (Å²) in [6, 6.07) is 0. The molecule has 0 radical (unpaired) electrons. The monoisotopic (exact) mass is 253 g/mol. The van der Waals surface area contributed by atoms with E-state index in [9.17, 15) is 4.91 Å². The van der Waals surface area contributed by atoms with Crippen molar-refractivity contribution >= 4 is 0 Å². The molecule has 18 heavy (non-hydrogen) atoms. The third kappa shape index (κ3) is 4.49. The molecule has 0 saturated heterocycles. The van der Waals surface area contributed by atoms with Crippen LogP contribution in [-0.2, 0) is 4.74 Å². The summed E-state index contributed by atoms with van der Waals surface area (Å²) in [4.78, 5) is 14.0. The van der Waals surface area contributed by atoms with Gasteiger partial charge in [0.1, 0.15) is 18.8 Å². The maximum absolute atomic E-state index is 10.3. The molecular formula is C13H23N3O2. The molecule has 1 unspecified atom stereocenters. The minimum atomic E-state index is 0.176. The van der Waals surface area contributed by atoms with E-state index < -0.39 is 0 Å². The number of ether oxygens (including phenoxy) is 1. The van der Waals surface area contributed by atoms with Crippen LogP contribution in [0.5, 0.6) is 0 Å². The van der Waals surface area contributed by atoms with Crippen LogP contribution in [0, 0.1) is 10.3 Å². The van der Waals surface area contributed by atoms with E-state index in [1.807, 2.05) is 29.2 Å². The fraction of sp³-hybridized carbons (Fsp3) is 0.692. The summed E-state index contributed by atoms with van der Waals surface area (Å²) in [7, 11) is 1.87. The smallest absolute Gasteiger partial charge is 0.136 e. The van der Waals surface area contributed by atoms with Gasteiger partial charge in [-0.2, -0.15) is 0 Å². The molecule has 102 valence electrons. The highest BCUT2D eigenvalue weighted by molar-refractivity contribution is 5.12. The maximum Gasteiger partial charge on any atom is 0.136 e. The van der Waals surface area contributed by atoms with E-state index in [0.29, 0.717) is 6.73 Å². The first-order chi connectivity index (χ1) is 8.33. The molecule has 5 nitrogen and oxygen atoms in total. The number of hydrogen-bond acceptors (Lipinski definition) is 5. The van der Waals surface area contributed by atoms with Crippen LogP contribution in [-0.4, -0.2) is 29.7 Å². The summed E-state index contributed by atoms with van der Waals surface area (Å²) in [5.41, 5.74) is 0.250. The summed E-state index contributed by atoms with van der Waals surface area (Å²) in [6.07, 6.45) is 6.20. The van der Waals surface area contributed by atoms with E-state index in [1.54, 1.807) is 0 Å². The highest BCUT2D eigenvalue weighted by atomic mass is 16.5. The van der Waals surface area contributed by atoms with Crippen molar-refractivity contribution in [1.29, 1.82) is 0 Å². The van der Waals surface area contributed by atoms with Crippen molar-refractivity contribution in [3.05, 3.63) is 29.3 Å². The number of nitrogens with zero attached hydrogens (tertiary/aromatic N) is 3. The van der Waals surface area contributed by atoms with E-state index in [2.05, 4.69) is 32.9 Å². The van der Waals surface area contributed by atoms with Gasteiger partial charge in [-0.15, -0.1) is 4.91 Å². The summed E-state index contributed by atoms with van der Waals surface area (Å²) in [5.74, 6) is 0.730. The zero-order valence-corrected chi connectivity index (χ0v) is 11.9. The summed E-state index contributed by atoms with van der Waals surface area (Å²) < 4.78 is 5.79. The minimum Gasteiger partial charge on any atom is -0.358 e. The fourth-order valence-electron chi connectivity index (χ4n) is 1.99. The van der Waals surface area contributed by atoms with E-state index >= 15 is 0 Å². The van der Waals surface area contributed by atoms with E-state index in [0.717, 1.165) is 12.2 Å². The third-order valence-electron chi connectivity index (χ3n) is 2.69. The van der Waals surface area contributed by atoms with Gasteiger partial charge in [0.2, 0.25) is 0 Å². The van der Waals surface area contributed by atoms with E-state index in [4.69, 9.17) is 4.74 Å². The molecule has 0 fully saturated rings. The van der Waals surface area contributed by atoms with Crippen molar-refractivity contribution < 1.29 is 4.74 Å². The van der Waals surface area contributed by atoms with Crippen molar-refractivity contribution in [1.82, 2.24) is 9.80 Å². The van der Waals surface area contributed by atoms with Crippen LogP contribution < -0.4 is 0 Å². The van der Waals surface area contributed by atoms with E-state index in [1.165, 1.54) is 6.20 Å². The standard InChI is InChI=1S/C13H23N3O2/c1-11(8-13(2,3)4)18-10-16-7-6-15(5)12(16)9-14-17/h6-7,9,11H,8,10H2,1-5H3/b12-9-. The van der Waals surface area contributed by atoms with Crippen molar-refractivity contribution in [3.63, 3.8) is 0 Å². The van der Waals surface area contributed by atoms with Gasteiger partial charge in [0.05, 0.1) is 6.10 Å². The second-order valence-corrected chi connectivity index (χ2v) is 5.84. The highest BCUT2D eigenvalue weighted by Crippen LogP contribution is 2.23. The van der Waals surface area contributed by atoms with Gasteiger partial charge in [-0.25, -0.2) is 0 Å². The lowest BCUT2D eigenvalue weighted by Gasteiger charge is -2.26. The second kappa shape index (κ2) is 6.00. The molecule has 0 aromatic rings. The molecule has 0 aliphatic carbocycles. The Morgan fingerprint density at radius 2 is 2.11 bits per heavy atom. The number of nitroso groups, excluding NO2 is 1. The van der Waals surface area contributed by atoms with Crippen LogP contribution in [0.4, 0.5) is 0 Å². The van der Waals surface area contributed by atoms with Crippen molar-refractivity contribution in [2.24, 2.45) is 10.6 Å². The fourth-order valence-corrected chi connectivity index (χ4v) is 1.99. The van der Waals surface area contributed by atoms with Crippen LogP contribution in [0.3, 0.4) is 0 Å². The van der Waals surface area contributed by atoms with Gasteiger partial charge in [0.15, 0.2) is 0 Å². The third-order valence-corrected chi connectivity index (χ3v) is 2.69. The normalized spacial score (nSPS) is 19.7. The van der Waals surface area contributed by atoms with Crippen LogP contribution in [0.1, 0.15) is 34.1 Å². The van der Waals surface area contributed by atoms with Crippen LogP contribution in [0.25, 0.3) is 0 Å². The van der Waals surface area contributed by atoms with E-state index in [-0.39, 0.29) is 11.5 Å². The zero-order valence-electron chi connectivity index (χ0n) is 11.9. The zero-order chi connectivity index (χ0) is 13.8. The molecule has 0 spiro atoms. The molecule has 0 saturated carbocycles. The lowest BCUT2D eigenvalue weighted by atomic mass is 9.90. The predicted molar refractivity (Wildman–Crippen MR) is 72.1 cm³/mol. The molecule has 0 aromatic heterocycles. The molecule has 1 aliphatic rings. The Bertz CT molecular complexity index is 345. The Morgan fingerprint density at radius 3 is 2.67 bits per heavy atom. The van der Waals surface area contributed by atoms with Gasteiger partial charge in [-0.05, 0) is 23.9 Å². The first-order valence-electron chi connectivity index (χ1n) is 6.15. The van der Waals surface area contributed by atoms with Crippen LogP contribution in [0.15, 0.2) is 29.6 Å². The summed E-state index contributed by atoms with van der Waals surface area (Å²) in [6.45, 7) is 9.07. The van der Waals surface area contributed by atoms with Gasteiger partial charge in [0.25, 0.3) is 0 Å². The second-order valence-electron chi connectivity index (χ2n) is 5.84. The van der Waals surface area contributed by atoms with Gasteiger partial charge in [-0.1, -0.05) is 20.8 Å². The Hall–Kier alpha value is -1.36. The lowest BCUT2D eigenvalue weighted by molar-refractivity contribution is -0.00562. The SMILES string of the molecule is CC(CC(C)(C)C)OCN1C=CN(C)/C1=C/N=O. The Balaban J connectivity index is 2.46. The Morgan fingerprint density at radius 1 is 1.44 bits per heavy atom. The lowest BCUT2D eigenvalue weighted by Crippen LogP contribution is -2.27. The van der Waals surface area contributed by atoms with Crippen molar-refractivity contribution in [2.75, 3.05) is 13.8 Å². The van der Waals surface area contributed by atoms with Crippen LogP contribution in [0.2, 0.25) is 0 Å². The summed E-state index contributed by atoms with van der Waals surface area (Å²) >= 11 is 0. The first-order valence-corrected chi connectivity index (χ1v) is 6.15. The molecule has 1 heterocycles. The maximum atomic E-state index is 10.3. The van der Waals surface area contributed by atoms with Gasteiger partial charge in [-0.3, -0.25) is 0 Å². The topological polar surface area (TPSA) is 45.1 Å². The van der Waals surface area contributed by atoms with Crippen LogP contribution >= 0.6 is 0 Å². The molecule has 0 N–H and O–H groups in total. The molecule has 0 bridgehead atoms. The molecule has 0 amide bonds. The molecule has 1 atom stereocenters. The first kappa shape index (κ1) is 14.7. The summed E-state index contributed by atoms with van der Waals surface area (Å²) in [5, 5.41) is 2.81. The average molecular weight is 253 g/mol. The highest BCUT2D eigenvalue weighted by Gasteiger charge is 2.20. The van der Waals surface area contributed by atoms with Gasteiger partial charge < -0.3 is 14.5 Å². The molecule has 5 heteroatoms. The van der Waals surface area contributed by atoms with Crippen molar-refractivity contribution in [3.8, 4) is 0 Å². The minimum absolute atomic E-state index is 0.176. The quantitative estimate of drug-likeness (QED) is 0.706. The van der Waals surface area contributed by atoms with Gasteiger partial charge >= 0.3 is 0 Å². The number of hydrogen-bond donors (Lipinski definition) is 0. The molecular weight excluding hydrogens is 230 g/mol. The predicted octanol–water partition coefficient (Wildman–Crippen LogP) is 3.07. The molecule has 1 rings (SSSR count). The largest absolute Gasteiger partial charge is 0.358 e. The molecule has 1 aliphatic heterocycles. The molecule has 0 aromatic carbocycles. The Kier molecular flexibility index (Phi) is 4.90. The Labute approximate surface area is 109 Å².